The number of nitrogens with two attached hydrogens (primary N) is 1. The minimum Gasteiger partial charge on any atom is -0.497 e. The summed E-state index contributed by atoms with van der Waals surface area (Å²) < 4.78 is 11.7. The highest BCUT2D eigenvalue weighted by Gasteiger charge is 2.42. The van der Waals surface area contributed by atoms with E-state index in [0.717, 1.165) is 42.2 Å². The largest absolute Gasteiger partial charge is 0.497 e. The van der Waals surface area contributed by atoms with Crippen molar-refractivity contribution >= 4 is 0 Å². The third-order valence-corrected chi connectivity index (χ3v) is 5.25. The van der Waals surface area contributed by atoms with E-state index >= 15 is 0 Å². The lowest BCUT2D eigenvalue weighted by Gasteiger charge is -2.45. The van der Waals surface area contributed by atoms with Crippen LogP contribution in [0.5, 0.6) is 11.5 Å². The molecule has 0 aromatic heterocycles. The molecule has 1 aliphatic carbocycles. The lowest BCUT2D eigenvalue weighted by molar-refractivity contribution is -0.0116. The first kappa shape index (κ1) is 14.7. The molecule has 1 saturated carbocycles. The minimum absolute atomic E-state index is 0.0226. The van der Waals surface area contributed by atoms with Gasteiger partial charge in [0.1, 0.15) is 17.1 Å². The fourth-order valence-corrected chi connectivity index (χ4v) is 4.03. The van der Waals surface area contributed by atoms with Gasteiger partial charge in [-0.15, -0.1) is 0 Å². The molecule has 0 bridgehead atoms. The highest BCUT2D eigenvalue weighted by molar-refractivity contribution is 5.44. The predicted octanol–water partition coefficient (Wildman–Crippen LogP) is 4.21. The third-order valence-electron chi connectivity index (χ3n) is 5.25. The van der Waals surface area contributed by atoms with E-state index in [0.29, 0.717) is 0 Å². The Labute approximate surface area is 127 Å². The van der Waals surface area contributed by atoms with Crippen molar-refractivity contribution < 1.29 is 9.47 Å². The van der Waals surface area contributed by atoms with E-state index in [1.165, 1.54) is 25.7 Å². The number of ether oxygens (including phenoxy) is 2. The summed E-state index contributed by atoms with van der Waals surface area (Å²) in [5, 5.41) is 0. The molecule has 21 heavy (non-hydrogen) atoms. The summed E-state index contributed by atoms with van der Waals surface area (Å²) in [5.74, 6) is 2.71. The summed E-state index contributed by atoms with van der Waals surface area (Å²) in [5.41, 5.74) is 7.50. The van der Waals surface area contributed by atoms with Gasteiger partial charge in [-0.1, -0.05) is 19.8 Å². The van der Waals surface area contributed by atoms with Gasteiger partial charge < -0.3 is 15.2 Å². The van der Waals surface area contributed by atoms with Crippen LogP contribution in [0.4, 0.5) is 0 Å². The highest BCUT2D eigenvalue weighted by Crippen LogP contribution is 2.47. The van der Waals surface area contributed by atoms with Gasteiger partial charge in [0.15, 0.2) is 0 Å². The van der Waals surface area contributed by atoms with Crippen LogP contribution in [0.3, 0.4) is 0 Å². The van der Waals surface area contributed by atoms with Crippen LogP contribution >= 0.6 is 0 Å². The molecule has 116 valence electrons. The van der Waals surface area contributed by atoms with Crippen molar-refractivity contribution in [1.29, 1.82) is 0 Å². The number of hydrogen-bond acceptors (Lipinski definition) is 3. The topological polar surface area (TPSA) is 44.5 Å². The van der Waals surface area contributed by atoms with Crippen molar-refractivity contribution in [2.45, 2.75) is 63.5 Å². The molecule has 1 aromatic carbocycles. The monoisotopic (exact) mass is 289 g/mol. The van der Waals surface area contributed by atoms with Gasteiger partial charge in [0.05, 0.1) is 7.11 Å². The molecular formula is C18H27NO2. The molecule has 2 N–H and O–H groups in total. The number of rotatable bonds is 3. The quantitative estimate of drug-likeness (QED) is 0.906. The fraction of sp³-hybridized carbons (Fsp3) is 0.667. The number of hydrogen-bond donors (Lipinski definition) is 1. The van der Waals surface area contributed by atoms with Gasteiger partial charge in [-0.25, -0.2) is 0 Å². The molecule has 1 aliphatic heterocycles. The van der Waals surface area contributed by atoms with Crippen molar-refractivity contribution in [3.05, 3.63) is 23.8 Å². The van der Waals surface area contributed by atoms with Crippen molar-refractivity contribution in [3.8, 4) is 11.5 Å². The second-order valence-corrected chi connectivity index (χ2v) is 6.73. The molecule has 1 atom stereocenters. The van der Waals surface area contributed by atoms with Gasteiger partial charge in [-0.2, -0.15) is 0 Å². The third kappa shape index (κ3) is 2.89. The van der Waals surface area contributed by atoms with Crippen molar-refractivity contribution in [2.24, 2.45) is 11.7 Å². The number of fused-ring (bicyclic) bond motifs is 1. The molecule has 1 unspecified atom stereocenters. The van der Waals surface area contributed by atoms with Crippen LogP contribution in [0.15, 0.2) is 18.2 Å². The first-order valence-corrected chi connectivity index (χ1v) is 8.28. The molecule has 1 heterocycles. The molecule has 3 rings (SSSR count). The van der Waals surface area contributed by atoms with Crippen LogP contribution in [-0.4, -0.2) is 12.7 Å². The highest BCUT2D eigenvalue weighted by atomic mass is 16.5. The van der Waals surface area contributed by atoms with Crippen LogP contribution in [0.25, 0.3) is 0 Å². The van der Waals surface area contributed by atoms with Crippen LogP contribution in [-0.2, 0) is 0 Å². The van der Waals surface area contributed by atoms with Crippen molar-refractivity contribution in [1.82, 2.24) is 0 Å². The first-order chi connectivity index (χ1) is 10.2. The maximum Gasteiger partial charge on any atom is 0.125 e. The Morgan fingerprint density at radius 1 is 1.33 bits per heavy atom. The van der Waals surface area contributed by atoms with E-state index in [4.69, 9.17) is 15.2 Å². The Morgan fingerprint density at radius 2 is 2.10 bits per heavy atom. The SMILES string of the molecule is CCCC1CCC2(CC1)CC(N)c1cc(OC)ccc1O2. The maximum atomic E-state index is 6.43. The Morgan fingerprint density at radius 3 is 2.76 bits per heavy atom. The molecular weight excluding hydrogens is 262 g/mol. The molecule has 3 heteroatoms. The lowest BCUT2D eigenvalue weighted by Crippen LogP contribution is -2.45. The van der Waals surface area contributed by atoms with E-state index < -0.39 is 0 Å². The van der Waals surface area contributed by atoms with Gasteiger partial charge in [0.25, 0.3) is 0 Å². The summed E-state index contributed by atoms with van der Waals surface area (Å²) in [4.78, 5) is 0. The van der Waals surface area contributed by atoms with Crippen molar-refractivity contribution in [2.75, 3.05) is 7.11 Å². The van der Waals surface area contributed by atoms with Gasteiger partial charge in [-0.3, -0.25) is 0 Å². The normalized spacial score (nSPS) is 31.6. The van der Waals surface area contributed by atoms with E-state index in [1.807, 2.05) is 18.2 Å². The summed E-state index contributed by atoms with van der Waals surface area (Å²) in [6.45, 7) is 2.28. The van der Waals surface area contributed by atoms with Crippen LogP contribution < -0.4 is 15.2 Å². The average molecular weight is 289 g/mol. The molecule has 1 aromatic rings. The van der Waals surface area contributed by atoms with E-state index in [2.05, 4.69) is 6.92 Å². The number of methoxy groups -OCH3 is 1. The van der Waals surface area contributed by atoms with E-state index in [9.17, 15) is 0 Å². The lowest BCUT2D eigenvalue weighted by atomic mass is 9.72. The summed E-state index contributed by atoms with van der Waals surface area (Å²) in [7, 11) is 1.69. The first-order valence-electron chi connectivity index (χ1n) is 8.28. The van der Waals surface area contributed by atoms with Gasteiger partial charge in [-0.05, 0) is 49.8 Å². The minimum atomic E-state index is -0.0226. The molecule has 0 radical (unpaired) electrons. The molecule has 1 fully saturated rings. The number of benzene rings is 1. The Kier molecular flexibility index (Phi) is 4.12. The molecule has 0 amide bonds. The van der Waals surface area contributed by atoms with Gasteiger partial charge in [0, 0.05) is 18.0 Å². The second kappa shape index (κ2) is 5.88. The zero-order valence-corrected chi connectivity index (χ0v) is 13.2. The fourth-order valence-electron chi connectivity index (χ4n) is 4.03. The van der Waals surface area contributed by atoms with E-state index in [1.54, 1.807) is 7.11 Å². The Balaban J connectivity index is 1.76. The van der Waals surface area contributed by atoms with Crippen LogP contribution in [0.2, 0.25) is 0 Å². The average Bonchev–Trinajstić information content (AvgIpc) is 2.50. The summed E-state index contributed by atoms with van der Waals surface area (Å²) in [6.07, 6.45) is 8.45. The predicted molar refractivity (Wildman–Crippen MR) is 84.8 cm³/mol. The van der Waals surface area contributed by atoms with Gasteiger partial charge in [0.2, 0.25) is 0 Å². The van der Waals surface area contributed by atoms with E-state index in [-0.39, 0.29) is 11.6 Å². The molecule has 2 aliphatic rings. The zero-order valence-electron chi connectivity index (χ0n) is 13.2. The smallest absolute Gasteiger partial charge is 0.125 e. The van der Waals surface area contributed by atoms with Crippen LogP contribution in [0.1, 0.15) is 63.5 Å². The second-order valence-electron chi connectivity index (χ2n) is 6.73. The maximum absolute atomic E-state index is 6.43. The Hall–Kier alpha value is -1.22. The summed E-state index contributed by atoms with van der Waals surface area (Å²) in [6, 6.07) is 6.07. The van der Waals surface area contributed by atoms with Crippen molar-refractivity contribution in [3.63, 3.8) is 0 Å². The van der Waals surface area contributed by atoms with Crippen LogP contribution in [0, 0.1) is 5.92 Å². The standard InChI is InChI=1S/C18H27NO2/c1-3-4-13-7-9-18(10-8-13)12-16(19)15-11-14(20-2)5-6-17(15)21-18/h5-6,11,13,16H,3-4,7-10,12,19H2,1-2H3. The molecule has 1 spiro atoms. The molecule has 3 nitrogen and oxygen atoms in total. The zero-order chi connectivity index (χ0) is 14.9. The Bertz CT molecular complexity index is 492. The summed E-state index contributed by atoms with van der Waals surface area (Å²) >= 11 is 0. The molecule has 0 saturated heterocycles. The van der Waals surface area contributed by atoms with Gasteiger partial charge >= 0.3 is 0 Å².